The van der Waals surface area contributed by atoms with Crippen LogP contribution in [0.25, 0.3) is 0 Å². The van der Waals surface area contributed by atoms with Gasteiger partial charge >= 0.3 is 0 Å². The van der Waals surface area contributed by atoms with Gasteiger partial charge in [0.1, 0.15) is 5.41 Å². The summed E-state index contributed by atoms with van der Waals surface area (Å²) in [5.74, 6) is 0.0962. The minimum absolute atomic E-state index is 0.0205. The zero-order valence-electron chi connectivity index (χ0n) is 11.6. The fourth-order valence-corrected chi connectivity index (χ4v) is 2.80. The lowest BCUT2D eigenvalue weighted by Crippen LogP contribution is -2.52. The molecule has 0 heterocycles. The lowest BCUT2D eigenvalue weighted by molar-refractivity contribution is -0.140. The number of carbonyl (C=O) groups is 1. The van der Waals surface area contributed by atoms with E-state index in [1.54, 1.807) is 0 Å². The zero-order chi connectivity index (χ0) is 13.8. The van der Waals surface area contributed by atoms with E-state index in [1.165, 1.54) is 0 Å². The van der Waals surface area contributed by atoms with Crippen molar-refractivity contribution >= 4 is 11.7 Å². The van der Waals surface area contributed by atoms with E-state index in [1.807, 2.05) is 18.7 Å². The van der Waals surface area contributed by atoms with E-state index in [-0.39, 0.29) is 17.8 Å². The Morgan fingerprint density at radius 3 is 2.39 bits per heavy atom. The highest BCUT2D eigenvalue weighted by atomic mass is 16.4. The number of nitrogens with zero attached hydrogens (tertiary/aromatic N) is 2. The second-order valence-electron chi connectivity index (χ2n) is 5.12. The van der Waals surface area contributed by atoms with Gasteiger partial charge in [-0.2, -0.15) is 0 Å². The summed E-state index contributed by atoms with van der Waals surface area (Å²) in [6.07, 6.45) is 4.20. The van der Waals surface area contributed by atoms with Crippen LogP contribution in [0.5, 0.6) is 0 Å². The maximum atomic E-state index is 12.8. The van der Waals surface area contributed by atoms with E-state index in [0.29, 0.717) is 19.4 Å². The molecule has 3 N–H and O–H groups in total. The summed E-state index contributed by atoms with van der Waals surface area (Å²) in [6.45, 7) is 6.73. The van der Waals surface area contributed by atoms with Crippen molar-refractivity contribution in [3.05, 3.63) is 0 Å². The van der Waals surface area contributed by atoms with Gasteiger partial charge in [0.25, 0.3) is 0 Å². The molecule has 1 aliphatic carbocycles. The summed E-state index contributed by atoms with van der Waals surface area (Å²) >= 11 is 0. The SMILES string of the molecule is CCC(C)N(CC)C(=O)C1(C(N)=NO)CCCC1. The Morgan fingerprint density at radius 2 is 2.00 bits per heavy atom. The predicted octanol–water partition coefficient (Wildman–Crippen LogP) is 1.94. The van der Waals surface area contributed by atoms with Crippen molar-refractivity contribution in [3.8, 4) is 0 Å². The molecular formula is C13H25N3O2. The molecule has 1 amide bonds. The fourth-order valence-electron chi connectivity index (χ4n) is 2.80. The molecule has 0 aromatic rings. The molecule has 1 fully saturated rings. The lowest BCUT2D eigenvalue weighted by atomic mass is 9.82. The van der Waals surface area contributed by atoms with Crippen molar-refractivity contribution in [3.63, 3.8) is 0 Å². The first-order valence-electron chi connectivity index (χ1n) is 6.82. The second-order valence-corrected chi connectivity index (χ2v) is 5.12. The third-order valence-electron chi connectivity index (χ3n) is 4.19. The highest BCUT2D eigenvalue weighted by molar-refractivity contribution is 6.07. The van der Waals surface area contributed by atoms with Crippen LogP contribution in [0, 0.1) is 5.41 Å². The fraction of sp³-hybridized carbons (Fsp3) is 0.846. The molecule has 0 bridgehead atoms. The number of amidine groups is 1. The molecule has 18 heavy (non-hydrogen) atoms. The van der Waals surface area contributed by atoms with Gasteiger partial charge in [-0.3, -0.25) is 4.79 Å². The number of rotatable bonds is 5. The van der Waals surface area contributed by atoms with E-state index in [2.05, 4.69) is 12.1 Å². The van der Waals surface area contributed by atoms with Crippen molar-refractivity contribution in [1.82, 2.24) is 4.90 Å². The van der Waals surface area contributed by atoms with E-state index in [0.717, 1.165) is 19.3 Å². The smallest absolute Gasteiger partial charge is 0.236 e. The second kappa shape index (κ2) is 6.07. The van der Waals surface area contributed by atoms with Gasteiger partial charge < -0.3 is 15.8 Å². The summed E-state index contributed by atoms with van der Waals surface area (Å²) in [4.78, 5) is 14.6. The highest BCUT2D eigenvalue weighted by Gasteiger charge is 2.47. The Labute approximate surface area is 109 Å². The number of amides is 1. The molecule has 0 aromatic carbocycles. The molecule has 5 heteroatoms. The number of hydrogen-bond acceptors (Lipinski definition) is 3. The summed E-state index contributed by atoms with van der Waals surface area (Å²) in [5.41, 5.74) is 5.03. The zero-order valence-corrected chi connectivity index (χ0v) is 11.6. The van der Waals surface area contributed by atoms with Gasteiger partial charge in [-0.1, -0.05) is 24.9 Å². The molecule has 0 spiro atoms. The van der Waals surface area contributed by atoms with Crippen LogP contribution in [-0.2, 0) is 4.79 Å². The predicted molar refractivity (Wildman–Crippen MR) is 71.4 cm³/mol. The van der Waals surface area contributed by atoms with Crippen molar-refractivity contribution in [2.45, 2.75) is 58.9 Å². The maximum absolute atomic E-state index is 12.8. The van der Waals surface area contributed by atoms with Gasteiger partial charge in [-0.15, -0.1) is 0 Å². The molecule has 1 rings (SSSR count). The molecule has 0 saturated heterocycles. The monoisotopic (exact) mass is 255 g/mol. The van der Waals surface area contributed by atoms with Crippen LogP contribution in [0.2, 0.25) is 0 Å². The Balaban J connectivity index is 3.03. The first-order valence-corrected chi connectivity index (χ1v) is 6.82. The van der Waals surface area contributed by atoms with Crippen LogP contribution in [0.4, 0.5) is 0 Å². The van der Waals surface area contributed by atoms with Crippen LogP contribution in [-0.4, -0.2) is 34.4 Å². The molecule has 1 unspecified atom stereocenters. The van der Waals surface area contributed by atoms with E-state index in [9.17, 15) is 4.79 Å². The van der Waals surface area contributed by atoms with Gasteiger partial charge in [-0.05, 0) is 33.1 Å². The van der Waals surface area contributed by atoms with Crippen molar-refractivity contribution in [1.29, 1.82) is 0 Å². The molecule has 104 valence electrons. The summed E-state index contributed by atoms with van der Waals surface area (Å²) < 4.78 is 0. The summed E-state index contributed by atoms with van der Waals surface area (Å²) in [6, 6.07) is 0.187. The van der Waals surface area contributed by atoms with Gasteiger partial charge in [0, 0.05) is 12.6 Å². The van der Waals surface area contributed by atoms with Gasteiger partial charge in [0.2, 0.25) is 5.91 Å². The van der Waals surface area contributed by atoms with Crippen molar-refractivity contribution < 1.29 is 10.0 Å². The van der Waals surface area contributed by atoms with Crippen molar-refractivity contribution in [2.75, 3.05) is 6.54 Å². The van der Waals surface area contributed by atoms with Crippen LogP contribution >= 0.6 is 0 Å². The highest BCUT2D eigenvalue weighted by Crippen LogP contribution is 2.40. The Morgan fingerprint density at radius 1 is 1.44 bits per heavy atom. The maximum Gasteiger partial charge on any atom is 0.236 e. The van der Waals surface area contributed by atoms with Gasteiger partial charge in [-0.25, -0.2) is 0 Å². The van der Waals surface area contributed by atoms with Crippen LogP contribution in [0.3, 0.4) is 0 Å². The summed E-state index contributed by atoms with van der Waals surface area (Å²) in [5, 5.41) is 12.1. The molecule has 0 radical (unpaired) electrons. The largest absolute Gasteiger partial charge is 0.409 e. The Kier molecular flexibility index (Phi) is 4.99. The molecular weight excluding hydrogens is 230 g/mol. The molecule has 1 atom stereocenters. The van der Waals surface area contributed by atoms with Crippen LogP contribution in [0.15, 0.2) is 5.16 Å². The number of nitrogens with two attached hydrogens (primary N) is 1. The third kappa shape index (κ3) is 2.44. The standard InChI is InChI=1S/C13H25N3O2/c1-4-10(3)16(5-2)12(17)13(11(14)15-18)8-6-7-9-13/h10,18H,4-9H2,1-3H3,(H2,14,15). The van der Waals surface area contributed by atoms with Crippen LogP contribution in [0.1, 0.15) is 52.9 Å². The lowest BCUT2D eigenvalue weighted by Gasteiger charge is -2.36. The van der Waals surface area contributed by atoms with E-state index < -0.39 is 5.41 Å². The van der Waals surface area contributed by atoms with Gasteiger partial charge in [0.15, 0.2) is 5.84 Å². The molecule has 0 aromatic heterocycles. The van der Waals surface area contributed by atoms with E-state index >= 15 is 0 Å². The normalized spacial score (nSPS) is 20.7. The topological polar surface area (TPSA) is 78.9 Å². The number of hydrogen-bond donors (Lipinski definition) is 2. The Hall–Kier alpha value is -1.26. The minimum Gasteiger partial charge on any atom is -0.409 e. The Bertz CT molecular complexity index is 322. The minimum atomic E-state index is -0.770. The number of oxime groups is 1. The number of carbonyl (C=O) groups excluding carboxylic acids is 1. The van der Waals surface area contributed by atoms with Crippen molar-refractivity contribution in [2.24, 2.45) is 16.3 Å². The van der Waals surface area contributed by atoms with E-state index in [4.69, 9.17) is 10.9 Å². The first kappa shape index (κ1) is 14.8. The van der Waals surface area contributed by atoms with Gasteiger partial charge in [0.05, 0.1) is 0 Å². The molecule has 5 nitrogen and oxygen atoms in total. The van der Waals surface area contributed by atoms with Crippen LogP contribution < -0.4 is 5.73 Å². The molecule has 1 aliphatic rings. The molecule has 1 saturated carbocycles. The average Bonchev–Trinajstić information content (AvgIpc) is 2.88. The molecule has 0 aliphatic heterocycles. The average molecular weight is 255 g/mol. The quantitative estimate of drug-likeness (QED) is 0.341. The first-order chi connectivity index (χ1) is 8.53. The summed E-state index contributed by atoms with van der Waals surface area (Å²) in [7, 11) is 0. The third-order valence-corrected chi connectivity index (χ3v) is 4.19.